The van der Waals surface area contributed by atoms with Gasteiger partial charge in [-0.1, -0.05) is 11.6 Å². The van der Waals surface area contributed by atoms with Gasteiger partial charge in [0.2, 0.25) is 0 Å². The fourth-order valence-electron chi connectivity index (χ4n) is 1.40. The van der Waals surface area contributed by atoms with Crippen LogP contribution in [0, 0.1) is 10.1 Å². The first-order chi connectivity index (χ1) is 9.06. The zero-order valence-corrected chi connectivity index (χ0v) is 10.3. The van der Waals surface area contributed by atoms with Gasteiger partial charge in [-0.05, 0) is 42.5 Å². The highest BCUT2D eigenvalue weighted by molar-refractivity contribution is 6.30. The quantitative estimate of drug-likeness (QED) is 0.369. The lowest BCUT2D eigenvalue weighted by molar-refractivity contribution is -0.402. The number of nitro groups is 1. The first-order valence-electron chi connectivity index (χ1n) is 5.28. The van der Waals surface area contributed by atoms with Gasteiger partial charge in [-0.15, -0.1) is 0 Å². The minimum Gasteiger partial charge on any atom is -0.401 e. The normalized spacial score (nSPS) is 10.8. The molecule has 0 atom stereocenters. The van der Waals surface area contributed by atoms with Crippen LogP contribution in [-0.4, -0.2) is 10.7 Å². The molecule has 0 saturated heterocycles. The van der Waals surface area contributed by atoms with Gasteiger partial charge in [0.15, 0.2) is 5.78 Å². The second-order valence-corrected chi connectivity index (χ2v) is 4.07. The van der Waals surface area contributed by atoms with E-state index in [4.69, 9.17) is 16.0 Å². The predicted molar refractivity (Wildman–Crippen MR) is 70.2 cm³/mol. The Bertz CT molecular complexity index is 643. The van der Waals surface area contributed by atoms with Gasteiger partial charge in [-0.3, -0.25) is 14.9 Å². The third-order valence-electron chi connectivity index (χ3n) is 2.32. The van der Waals surface area contributed by atoms with Gasteiger partial charge in [0.1, 0.15) is 10.7 Å². The van der Waals surface area contributed by atoms with Crippen LogP contribution >= 0.6 is 11.6 Å². The molecule has 0 amide bonds. The van der Waals surface area contributed by atoms with Crippen molar-refractivity contribution in [1.82, 2.24) is 0 Å². The summed E-state index contributed by atoms with van der Waals surface area (Å²) >= 11 is 5.71. The molecular weight excluding hydrogens is 270 g/mol. The summed E-state index contributed by atoms with van der Waals surface area (Å²) in [6, 6.07) is 9.07. The summed E-state index contributed by atoms with van der Waals surface area (Å²) in [7, 11) is 0. The summed E-state index contributed by atoms with van der Waals surface area (Å²) in [5.74, 6) is -0.358. The molecule has 2 rings (SSSR count). The van der Waals surface area contributed by atoms with Gasteiger partial charge < -0.3 is 4.42 Å². The maximum absolute atomic E-state index is 11.8. The molecule has 0 bridgehead atoms. The number of carbonyl (C=O) groups is 1. The van der Waals surface area contributed by atoms with E-state index in [0.717, 1.165) is 0 Å². The number of furan rings is 1. The van der Waals surface area contributed by atoms with E-state index < -0.39 is 4.92 Å². The summed E-state index contributed by atoms with van der Waals surface area (Å²) in [4.78, 5) is 21.5. The zero-order chi connectivity index (χ0) is 13.8. The van der Waals surface area contributed by atoms with Crippen LogP contribution in [0.5, 0.6) is 0 Å². The average Bonchev–Trinajstić information content (AvgIpc) is 2.86. The molecule has 0 radical (unpaired) electrons. The Hall–Kier alpha value is -2.40. The summed E-state index contributed by atoms with van der Waals surface area (Å²) in [6.07, 6.45) is 2.66. The highest BCUT2D eigenvalue weighted by Crippen LogP contribution is 2.17. The van der Waals surface area contributed by atoms with Gasteiger partial charge in [0, 0.05) is 10.6 Å². The van der Waals surface area contributed by atoms with Crippen molar-refractivity contribution in [1.29, 1.82) is 0 Å². The molecular formula is C13H8ClNO4. The van der Waals surface area contributed by atoms with E-state index in [1.165, 1.54) is 24.3 Å². The first kappa shape index (κ1) is 13.0. The van der Waals surface area contributed by atoms with Crippen molar-refractivity contribution in [2.24, 2.45) is 0 Å². The molecule has 0 saturated carbocycles. The molecule has 0 unspecified atom stereocenters. The second kappa shape index (κ2) is 5.49. The molecule has 5 nitrogen and oxygen atoms in total. The smallest absolute Gasteiger partial charge is 0.401 e. The number of benzene rings is 1. The van der Waals surface area contributed by atoms with Crippen LogP contribution in [0.2, 0.25) is 5.02 Å². The minimum atomic E-state index is -0.641. The number of ketones is 1. The maximum Gasteiger partial charge on any atom is 0.433 e. The van der Waals surface area contributed by atoms with Crippen LogP contribution in [0.1, 0.15) is 16.1 Å². The van der Waals surface area contributed by atoms with Gasteiger partial charge >= 0.3 is 5.88 Å². The summed E-state index contributed by atoms with van der Waals surface area (Å²) in [6.45, 7) is 0. The first-order valence-corrected chi connectivity index (χ1v) is 5.66. The van der Waals surface area contributed by atoms with Crippen molar-refractivity contribution >= 4 is 29.3 Å². The lowest BCUT2D eigenvalue weighted by Crippen LogP contribution is -1.92. The van der Waals surface area contributed by atoms with E-state index in [2.05, 4.69) is 0 Å². The van der Waals surface area contributed by atoms with E-state index in [9.17, 15) is 14.9 Å². The van der Waals surface area contributed by atoms with Crippen molar-refractivity contribution in [3.05, 3.63) is 68.9 Å². The molecule has 0 fully saturated rings. The van der Waals surface area contributed by atoms with Crippen molar-refractivity contribution in [3.63, 3.8) is 0 Å². The molecule has 0 aliphatic heterocycles. The van der Waals surface area contributed by atoms with Crippen LogP contribution in [0.15, 0.2) is 46.9 Å². The third kappa shape index (κ3) is 3.29. The van der Waals surface area contributed by atoms with Crippen LogP contribution in [0.25, 0.3) is 6.08 Å². The Morgan fingerprint density at radius 1 is 1.21 bits per heavy atom. The Kier molecular flexibility index (Phi) is 3.77. The Morgan fingerprint density at radius 2 is 1.89 bits per heavy atom. The van der Waals surface area contributed by atoms with Crippen LogP contribution in [-0.2, 0) is 0 Å². The molecule has 0 spiro atoms. The Balaban J connectivity index is 2.11. The van der Waals surface area contributed by atoms with Gasteiger partial charge in [0.25, 0.3) is 0 Å². The van der Waals surface area contributed by atoms with Crippen molar-refractivity contribution in [3.8, 4) is 0 Å². The van der Waals surface area contributed by atoms with E-state index in [1.807, 2.05) is 0 Å². The fourth-order valence-corrected chi connectivity index (χ4v) is 1.52. The average molecular weight is 278 g/mol. The Labute approximate surface area is 113 Å². The molecule has 1 aromatic heterocycles. The van der Waals surface area contributed by atoms with Gasteiger partial charge in [-0.25, -0.2) is 0 Å². The standard InChI is InChI=1S/C13H8ClNO4/c14-10-3-1-9(2-4-10)12(16)7-5-11-6-8-13(19-11)15(17)18/h1-8H/b7-5+. The predicted octanol–water partition coefficient (Wildman–Crippen LogP) is 3.74. The highest BCUT2D eigenvalue weighted by atomic mass is 35.5. The second-order valence-electron chi connectivity index (χ2n) is 3.64. The van der Waals surface area contributed by atoms with Crippen molar-refractivity contribution < 1.29 is 14.1 Å². The van der Waals surface area contributed by atoms with Crippen LogP contribution in [0.4, 0.5) is 5.88 Å². The number of rotatable bonds is 4. The van der Waals surface area contributed by atoms with Crippen molar-refractivity contribution in [2.45, 2.75) is 0 Å². The van der Waals surface area contributed by atoms with Gasteiger partial charge in [0.05, 0.1) is 6.07 Å². The Morgan fingerprint density at radius 3 is 2.47 bits per heavy atom. The molecule has 96 valence electrons. The topological polar surface area (TPSA) is 73.3 Å². The number of hydrogen-bond acceptors (Lipinski definition) is 4. The number of allylic oxidation sites excluding steroid dienone is 1. The maximum atomic E-state index is 11.8. The molecule has 2 aromatic rings. The molecule has 0 aliphatic carbocycles. The monoisotopic (exact) mass is 277 g/mol. The fraction of sp³-hybridized carbons (Fsp3) is 0. The highest BCUT2D eigenvalue weighted by Gasteiger charge is 2.10. The molecule has 0 N–H and O–H groups in total. The van der Waals surface area contributed by atoms with E-state index in [1.54, 1.807) is 24.3 Å². The summed E-state index contributed by atoms with van der Waals surface area (Å²) in [5.41, 5.74) is 0.474. The number of carbonyl (C=O) groups excluding carboxylic acids is 1. The van der Waals surface area contributed by atoms with Crippen molar-refractivity contribution in [2.75, 3.05) is 0 Å². The summed E-state index contributed by atoms with van der Waals surface area (Å²) in [5, 5.41) is 11.0. The summed E-state index contributed by atoms with van der Waals surface area (Å²) < 4.78 is 4.89. The van der Waals surface area contributed by atoms with E-state index in [0.29, 0.717) is 10.6 Å². The SMILES string of the molecule is O=C(/C=C/c1ccc([N+](=O)[O-])o1)c1ccc(Cl)cc1. The number of nitrogens with zero attached hydrogens (tertiary/aromatic N) is 1. The number of hydrogen-bond donors (Lipinski definition) is 0. The molecule has 0 aliphatic rings. The van der Waals surface area contributed by atoms with Crippen LogP contribution < -0.4 is 0 Å². The molecule has 19 heavy (non-hydrogen) atoms. The molecule has 1 aromatic carbocycles. The third-order valence-corrected chi connectivity index (χ3v) is 2.57. The van der Waals surface area contributed by atoms with E-state index in [-0.39, 0.29) is 17.4 Å². The zero-order valence-electron chi connectivity index (χ0n) is 9.58. The van der Waals surface area contributed by atoms with Crippen LogP contribution in [0.3, 0.4) is 0 Å². The lowest BCUT2D eigenvalue weighted by atomic mass is 10.1. The minimum absolute atomic E-state index is 0.240. The molecule has 6 heteroatoms. The van der Waals surface area contributed by atoms with E-state index >= 15 is 0 Å². The van der Waals surface area contributed by atoms with Gasteiger partial charge in [-0.2, -0.15) is 0 Å². The number of halogens is 1. The molecule has 1 heterocycles. The largest absolute Gasteiger partial charge is 0.433 e. The lowest BCUT2D eigenvalue weighted by Gasteiger charge is -1.94.